The second-order valence-electron chi connectivity index (χ2n) is 0.585. The van der Waals surface area contributed by atoms with E-state index in [1.165, 1.54) is 0 Å². The van der Waals surface area contributed by atoms with Crippen LogP contribution in [0.5, 0.6) is 0 Å². The van der Waals surface area contributed by atoms with E-state index in [0.717, 1.165) is 0 Å². The highest BCUT2D eigenvalue weighted by Crippen LogP contribution is 1.62. The predicted octanol–water partition coefficient (Wildman–Crippen LogP) is 0.410. The lowest BCUT2D eigenvalue weighted by atomic mass is 11.0. The van der Waals surface area contributed by atoms with Gasteiger partial charge in [-0.05, 0) is 0 Å². The molecule has 0 amide bonds. The van der Waals surface area contributed by atoms with E-state index in [4.69, 9.17) is 4.11 Å². The molecule has 1 rings (SSSR count). The monoisotopic (exact) mass is 71.1 g/mol. The van der Waals surface area contributed by atoms with Crippen LogP contribution in [-0.2, 0) is 0 Å². The standard InChI is InChI=1S/C3H4N2/c1-2-5-3-4-1/h1-3H,(H,4,5)/i1D,2D,3D. The number of aromatic nitrogens is 2. The first-order chi connectivity index (χ1) is 3.70. The molecule has 0 fully saturated rings. The molecule has 0 saturated heterocycles. The molecule has 1 heterocycles. The average Bonchev–Trinajstić information content (AvgIpc) is 1.85. The van der Waals surface area contributed by atoms with Gasteiger partial charge in [-0.25, -0.2) is 4.98 Å². The molecule has 5 heavy (non-hydrogen) atoms. The molecule has 0 aromatic carbocycles. The molecule has 1 N–H and O–H groups in total. The minimum Gasteiger partial charge on any atom is -0.351 e. The summed E-state index contributed by atoms with van der Waals surface area (Å²) in [6, 6.07) is 0. The number of hydrogen-bond donors (Lipinski definition) is 1. The molecule has 0 bridgehead atoms. The Hall–Kier alpha value is -0.790. The number of imidazole rings is 1. The van der Waals surface area contributed by atoms with E-state index in [0.29, 0.717) is 0 Å². The lowest BCUT2D eigenvalue weighted by molar-refractivity contribution is 1.31. The van der Waals surface area contributed by atoms with Crippen LogP contribution in [0.15, 0.2) is 18.6 Å². The van der Waals surface area contributed by atoms with Crippen molar-refractivity contribution in [2.45, 2.75) is 0 Å². The van der Waals surface area contributed by atoms with Gasteiger partial charge in [0.2, 0.25) is 0 Å². The molecule has 0 aliphatic rings. The van der Waals surface area contributed by atoms with Crippen molar-refractivity contribution < 1.29 is 4.11 Å². The minimum absolute atomic E-state index is 0.102. The van der Waals surface area contributed by atoms with Crippen molar-refractivity contribution in [1.29, 1.82) is 0 Å². The van der Waals surface area contributed by atoms with E-state index in [9.17, 15) is 0 Å². The van der Waals surface area contributed by atoms with Crippen LogP contribution in [0, 0.1) is 0 Å². The van der Waals surface area contributed by atoms with Crippen molar-refractivity contribution in [1.82, 2.24) is 9.97 Å². The molecule has 1 aromatic rings. The summed E-state index contributed by atoms with van der Waals surface area (Å²) in [6.07, 6.45) is -0.398. The van der Waals surface area contributed by atoms with E-state index >= 15 is 0 Å². The van der Waals surface area contributed by atoms with Gasteiger partial charge >= 0.3 is 0 Å². The van der Waals surface area contributed by atoms with Gasteiger partial charge in [-0.15, -0.1) is 0 Å². The summed E-state index contributed by atoms with van der Waals surface area (Å²) >= 11 is 0. The lowest BCUT2D eigenvalue weighted by Gasteiger charge is -1.46. The number of nitrogens with one attached hydrogen (secondary N) is 1. The van der Waals surface area contributed by atoms with Crippen molar-refractivity contribution >= 4 is 0 Å². The maximum absolute atomic E-state index is 6.81. The number of aromatic amines is 1. The van der Waals surface area contributed by atoms with Gasteiger partial charge in [0, 0.05) is 12.3 Å². The zero-order chi connectivity index (χ0) is 6.15. The second kappa shape index (κ2) is 0.885. The van der Waals surface area contributed by atoms with Crippen LogP contribution < -0.4 is 0 Å². The number of rotatable bonds is 0. The third-order valence-corrected chi connectivity index (χ3v) is 0.286. The Labute approximate surface area is 34.1 Å². The third-order valence-electron chi connectivity index (χ3n) is 0.286. The van der Waals surface area contributed by atoms with Gasteiger partial charge in [0.05, 0.1) is 9.04 Å². The molecule has 0 radical (unpaired) electrons. The van der Waals surface area contributed by atoms with Crippen LogP contribution in [0.25, 0.3) is 0 Å². The van der Waals surface area contributed by atoms with Crippen molar-refractivity contribution in [2.24, 2.45) is 0 Å². The number of H-pyrrole nitrogens is 1. The zero-order valence-corrected chi connectivity index (χ0v) is 2.45. The van der Waals surface area contributed by atoms with Crippen LogP contribution in [-0.4, -0.2) is 9.97 Å². The minimum atomic E-state index is -0.171. The third kappa shape index (κ3) is 0.265. The normalized spacial score (nSPS) is 16.4. The summed E-state index contributed by atoms with van der Waals surface area (Å²) in [5.74, 6) is 0. The van der Waals surface area contributed by atoms with Crippen LogP contribution >= 0.6 is 0 Å². The van der Waals surface area contributed by atoms with Crippen molar-refractivity contribution in [3.8, 4) is 0 Å². The molecule has 26 valence electrons. The van der Waals surface area contributed by atoms with Gasteiger partial charge < -0.3 is 4.98 Å². The van der Waals surface area contributed by atoms with Crippen molar-refractivity contribution in [3.05, 3.63) is 18.6 Å². The average molecular weight is 71.1 g/mol. The molecular formula is C3H4N2. The SMILES string of the molecule is [2H]c1nc([2H])c([2H])[nH]1. The molecular weight excluding hydrogens is 64.0 g/mol. The Kier molecular flexibility index (Phi) is 0.148. The van der Waals surface area contributed by atoms with Gasteiger partial charge in [-0.1, -0.05) is 0 Å². The molecule has 1 aromatic heterocycles. The summed E-state index contributed by atoms with van der Waals surface area (Å²) < 4.78 is 20.4. The fourth-order valence-corrected chi connectivity index (χ4v) is 0.140. The largest absolute Gasteiger partial charge is 0.351 e. The highest BCUT2D eigenvalue weighted by Gasteiger charge is 1.56. The second-order valence-corrected chi connectivity index (χ2v) is 0.585. The van der Waals surface area contributed by atoms with Crippen LogP contribution in [0.3, 0.4) is 0 Å². The van der Waals surface area contributed by atoms with Gasteiger partial charge in [0.15, 0.2) is 0 Å². The van der Waals surface area contributed by atoms with Gasteiger partial charge in [0.1, 0.15) is 1.37 Å². The predicted molar refractivity (Wildman–Crippen MR) is 18.6 cm³/mol. The fraction of sp³-hybridized carbons (Fsp3) is 0. The number of hydrogen-bond acceptors (Lipinski definition) is 1. The van der Waals surface area contributed by atoms with Crippen LogP contribution in [0.4, 0.5) is 0 Å². The first-order valence-electron chi connectivity index (χ1n) is 2.70. The van der Waals surface area contributed by atoms with E-state index in [-0.39, 0.29) is 18.6 Å². The Balaban J connectivity index is 3.14. The lowest BCUT2D eigenvalue weighted by Crippen LogP contribution is -1.44. The smallest absolute Gasteiger partial charge is 0.104 e. The summed E-state index contributed by atoms with van der Waals surface area (Å²) in [6.45, 7) is 0. The molecule has 0 spiro atoms. The Morgan fingerprint density at radius 3 is 3.20 bits per heavy atom. The molecule has 0 aliphatic heterocycles. The summed E-state index contributed by atoms with van der Waals surface area (Å²) in [4.78, 5) is 5.54. The zero-order valence-electron chi connectivity index (χ0n) is 5.45. The molecule has 0 saturated carbocycles. The summed E-state index contributed by atoms with van der Waals surface area (Å²) in [5, 5.41) is 0. The molecule has 2 heteroatoms. The maximum atomic E-state index is 6.81. The quantitative estimate of drug-likeness (QED) is 0.471. The first-order valence-corrected chi connectivity index (χ1v) is 1.20. The number of nitrogens with zero attached hydrogens (tertiary/aromatic N) is 1. The van der Waals surface area contributed by atoms with Gasteiger partial charge in [-0.3, -0.25) is 0 Å². The van der Waals surface area contributed by atoms with E-state index in [2.05, 4.69) is 9.97 Å². The van der Waals surface area contributed by atoms with E-state index in [1.54, 1.807) is 0 Å². The van der Waals surface area contributed by atoms with E-state index < -0.39 is 0 Å². The van der Waals surface area contributed by atoms with Crippen molar-refractivity contribution in [3.63, 3.8) is 0 Å². The molecule has 0 aliphatic carbocycles. The first kappa shape index (κ1) is 0.834. The van der Waals surface area contributed by atoms with Gasteiger partial charge in [0.25, 0.3) is 0 Å². The highest BCUT2D eigenvalue weighted by molar-refractivity contribution is 4.64. The maximum Gasteiger partial charge on any atom is 0.104 e. The van der Waals surface area contributed by atoms with Crippen LogP contribution in [0.2, 0.25) is 0 Å². The Bertz CT molecular complexity index is 175. The molecule has 0 unspecified atom stereocenters. The topological polar surface area (TPSA) is 28.7 Å². The fourth-order valence-electron chi connectivity index (χ4n) is 0.140. The molecule has 0 atom stereocenters. The molecule has 2 nitrogen and oxygen atoms in total. The van der Waals surface area contributed by atoms with E-state index in [1.807, 2.05) is 0 Å². The Morgan fingerprint density at radius 1 is 2.00 bits per heavy atom. The van der Waals surface area contributed by atoms with Crippen molar-refractivity contribution in [2.75, 3.05) is 0 Å². The summed E-state index contributed by atoms with van der Waals surface area (Å²) in [5.41, 5.74) is 0. The Morgan fingerprint density at radius 2 is 3.00 bits per heavy atom. The highest BCUT2D eigenvalue weighted by atomic mass is 14.8. The van der Waals surface area contributed by atoms with Crippen LogP contribution in [0.1, 0.15) is 4.11 Å². The summed E-state index contributed by atoms with van der Waals surface area (Å²) in [7, 11) is 0. The van der Waals surface area contributed by atoms with Gasteiger partial charge in [-0.2, -0.15) is 0 Å².